The molecule has 1 unspecified atom stereocenters. The molecule has 4 rings (SSSR count). The number of benzene rings is 2. The number of carbonyl (C=O) groups excluding carboxylic acids is 2. The Kier molecular flexibility index (Phi) is 4.93. The summed E-state index contributed by atoms with van der Waals surface area (Å²) in [5.74, 6) is -0.240. The zero-order chi connectivity index (χ0) is 19.5. The number of rotatable bonds is 5. The summed E-state index contributed by atoms with van der Waals surface area (Å²) in [6.45, 7) is 0. The molecule has 6 nitrogen and oxygen atoms in total. The van der Waals surface area contributed by atoms with Gasteiger partial charge in [-0.15, -0.1) is 0 Å². The highest BCUT2D eigenvalue weighted by molar-refractivity contribution is 6.39. The van der Waals surface area contributed by atoms with E-state index in [1.54, 1.807) is 19.4 Å². The molecule has 0 aliphatic heterocycles. The van der Waals surface area contributed by atoms with Crippen LogP contribution in [0.15, 0.2) is 60.8 Å². The Bertz CT molecular complexity index is 1010. The maximum absolute atomic E-state index is 12.5. The van der Waals surface area contributed by atoms with Crippen LogP contribution in [0.5, 0.6) is 5.75 Å². The molecule has 0 spiro atoms. The van der Waals surface area contributed by atoms with E-state index in [9.17, 15) is 9.59 Å². The number of carbonyl (C=O) groups is 2. The van der Waals surface area contributed by atoms with Gasteiger partial charge in [0.25, 0.3) is 0 Å². The summed E-state index contributed by atoms with van der Waals surface area (Å²) in [5, 5.41) is 6.41. The van der Waals surface area contributed by atoms with E-state index in [1.165, 1.54) is 0 Å². The zero-order valence-corrected chi connectivity index (χ0v) is 15.5. The third kappa shape index (κ3) is 3.96. The van der Waals surface area contributed by atoms with Gasteiger partial charge in [-0.1, -0.05) is 30.3 Å². The number of fused-ring (bicyclic) bond motifs is 1. The van der Waals surface area contributed by atoms with Crippen molar-refractivity contribution in [1.82, 2.24) is 10.3 Å². The van der Waals surface area contributed by atoms with Gasteiger partial charge in [-0.2, -0.15) is 0 Å². The van der Waals surface area contributed by atoms with Gasteiger partial charge in [0.15, 0.2) is 0 Å². The Labute approximate surface area is 162 Å². The zero-order valence-electron chi connectivity index (χ0n) is 15.5. The molecule has 0 bridgehead atoms. The van der Waals surface area contributed by atoms with Crippen LogP contribution >= 0.6 is 0 Å². The number of aromatic nitrogens is 1. The number of para-hydroxylation sites is 1. The van der Waals surface area contributed by atoms with Crippen molar-refractivity contribution in [2.45, 2.75) is 18.9 Å². The maximum Gasteiger partial charge on any atom is 0.313 e. The minimum atomic E-state index is -0.698. The van der Waals surface area contributed by atoms with Gasteiger partial charge in [0, 0.05) is 5.39 Å². The Balaban J connectivity index is 1.45. The van der Waals surface area contributed by atoms with E-state index in [4.69, 9.17) is 4.74 Å². The topological polar surface area (TPSA) is 80.3 Å². The van der Waals surface area contributed by atoms with Crippen molar-refractivity contribution < 1.29 is 14.3 Å². The smallest absolute Gasteiger partial charge is 0.313 e. The van der Waals surface area contributed by atoms with Crippen LogP contribution in [0, 0.1) is 5.92 Å². The monoisotopic (exact) mass is 375 g/mol. The second-order valence-electron chi connectivity index (χ2n) is 6.93. The molecule has 142 valence electrons. The summed E-state index contributed by atoms with van der Waals surface area (Å²) >= 11 is 0. The Morgan fingerprint density at radius 2 is 1.82 bits per heavy atom. The van der Waals surface area contributed by atoms with Crippen LogP contribution in [-0.4, -0.2) is 23.9 Å². The van der Waals surface area contributed by atoms with Crippen molar-refractivity contribution in [3.05, 3.63) is 66.4 Å². The fraction of sp³-hybridized carbons (Fsp3) is 0.227. The average Bonchev–Trinajstić information content (AvgIpc) is 3.57. The van der Waals surface area contributed by atoms with Crippen LogP contribution in [0.25, 0.3) is 10.9 Å². The molecule has 28 heavy (non-hydrogen) atoms. The number of hydrogen-bond donors (Lipinski definition) is 2. The number of methoxy groups -OCH3 is 1. The van der Waals surface area contributed by atoms with Gasteiger partial charge < -0.3 is 15.4 Å². The molecule has 0 radical (unpaired) electrons. The first-order valence-electron chi connectivity index (χ1n) is 9.24. The van der Waals surface area contributed by atoms with E-state index in [-0.39, 0.29) is 6.04 Å². The molecule has 1 aliphatic carbocycles. The summed E-state index contributed by atoms with van der Waals surface area (Å²) in [6, 6.07) is 16.8. The lowest BCUT2D eigenvalue weighted by Crippen LogP contribution is -2.38. The molecule has 6 heteroatoms. The lowest BCUT2D eigenvalue weighted by Gasteiger charge is -2.19. The average molecular weight is 375 g/mol. The summed E-state index contributed by atoms with van der Waals surface area (Å²) in [6.07, 6.45) is 3.62. The molecule has 1 atom stereocenters. The molecule has 1 fully saturated rings. The number of hydrogen-bond acceptors (Lipinski definition) is 4. The number of amides is 2. The summed E-state index contributed by atoms with van der Waals surface area (Å²) < 4.78 is 5.18. The lowest BCUT2D eigenvalue weighted by molar-refractivity contribution is -0.136. The standard InChI is InChI=1S/C22H21N3O3/c1-28-18-10-8-15(9-11-18)20(14-6-7-14)25-22(27)21(26)24-17-12-16-4-2-3-5-19(16)23-13-17/h2-5,8-14,20H,6-7H2,1H3,(H,24,26)(H,25,27). The fourth-order valence-corrected chi connectivity index (χ4v) is 3.25. The number of nitrogens with one attached hydrogen (secondary N) is 2. The van der Waals surface area contributed by atoms with Crippen LogP contribution in [0.3, 0.4) is 0 Å². The summed E-state index contributed by atoms with van der Waals surface area (Å²) in [7, 11) is 1.61. The van der Waals surface area contributed by atoms with Crippen LogP contribution in [-0.2, 0) is 9.59 Å². The maximum atomic E-state index is 12.5. The molecule has 0 saturated heterocycles. The summed E-state index contributed by atoms with van der Waals surface area (Å²) in [5.41, 5.74) is 2.29. The number of nitrogens with zero attached hydrogens (tertiary/aromatic N) is 1. The lowest BCUT2D eigenvalue weighted by atomic mass is 10.0. The predicted octanol–water partition coefficient (Wildman–Crippen LogP) is 3.45. The van der Waals surface area contributed by atoms with Crippen LogP contribution in [0.1, 0.15) is 24.4 Å². The molecule has 1 aromatic heterocycles. The van der Waals surface area contributed by atoms with Crippen molar-refractivity contribution in [3.63, 3.8) is 0 Å². The van der Waals surface area contributed by atoms with E-state index in [2.05, 4.69) is 15.6 Å². The Morgan fingerprint density at radius 1 is 1.07 bits per heavy atom. The summed E-state index contributed by atoms with van der Waals surface area (Å²) in [4.78, 5) is 29.2. The molecule has 2 N–H and O–H groups in total. The van der Waals surface area contributed by atoms with Gasteiger partial charge >= 0.3 is 11.8 Å². The SMILES string of the molecule is COc1ccc(C(NC(=O)C(=O)Nc2cnc3ccccc3c2)C2CC2)cc1. The first-order valence-corrected chi connectivity index (χ1v) is 9.24. The minimum absolute atomic E-state index is 0.182. The van der Waals surface area contributed by atoms with Crippen molar-refractivity contribution in [3.8, 4) is 5.75 Å². The van der Waals surface area contributed by atoms with Crippen molar-refractivity contribution in [2.24, 2.45) is 5.92 Å². The molecule has 1 heterocycles. The molecular formula is C22H21N3O3. The van der Waals surface area contributed by atoms with E-state index in [1.807, 2.05) is 48.5 Å². The molecular weight excluding hydrogens is 354 g/mol. The van der Waals surface area contributed by atoms with Crippen LogP contribution in [0.4, 0.5) is 5.69 Å². The van der Waals surface area contributed by atoms with Gasteiger partial charge in [0.1, 0.15) is 5.75 Å². The third-order valence-electron chi connectivity index (χ3n) is 4.91. The Hall–Kier alpha value is -3.41. The highest BCUT2D eigenvalue weighted by atomic mass is 16.5. The van der Waals surface area contributed by atoms with Crippen LogP contribution in [0.2, 0.25) is 0 Å². The van der Waals surface area contributed by atoms with E-state index < -0.39 is 11.8 Å². The van der Waals surface area contributed by atoms with Gasteiger partial charge in [-0.05, 0) is 48.6 Å². The van der Waals surface area contributed by atoms with Gasteiger partial charge in [0.2, 0.25) is 0 Å². The van der Waals surface area contributed by atoms with E-state index >= 15 is 0 Å². The van der Waals surface area contributed by atoms with E-state index in [0.29, 0.717) is 11.6 Å². The van der Waals surface area contributed by atoms with Gasteiger partial charge in [0.05, 0.1) is 30.6 Å². The largest absolute Gasteiger partial charge is 0.497 e. The number of pyridine rings is 1. The Morgan fingerprint density at radius 3 is 2.54 bits per heavy atom. The van der Waals surface area contributed by atoms with Gasteiger partial charge in [-0.3, -0.25) is 14.6 Å². The molecule has 1 aliphatic rings. The predicted molar refractivity (Wildman–Crippen MR) is 107 cm³/mol. The van der Waals surface area contributed by atoms with Crippen molar-refractivity contribution >= 4 is 28.4 Å². The first kappa shape index (κ1) is 18.0. The van der Waals surface area contributed by atoms with Crippen molar-refractivity contribution in [2.75, 3.05) is 12.4 Å². The van der Waals surface area contributed by atoms with E-state index in [0.717, 1.165) is 35.1 Å². The van der Waals surface area contributed by atoms with Crippen LogP contribution < -0.4 is 15.4 Å². The second-order valence-corrected chi connectivity index (χ2v) is 6.93. The fourth-order valence-electron chi connectivity index (χ4n) is 3.25. The molecule has 2 aromatic carbocycles. The number of ether oxygens (including phenoxy) is 1. The van der Waals surface area contributed by atoms with Gasteiger partial charge in [-0.25, -0.2) is 0 Å². The first-order chi connectivity index (χ1) is 13.6. The minimum Gasteiger partial charge on any atom is -0.497 e. The molecule has 2 amide bonds. The highest BCUT2D eigenvalue weighted by Gasteiger charge is 2.34. The third-order valence-corrected chi connectivity index (χ3v) is 4.91. The molecule has 3 aromatic rings. The quantitative estimate of drug-likeness (QED) is 0.670. The normalized spacial score (nSPS) is 14.3. The molecule has 1 saturated carbocycles. The van der Waals surface area contributed by atoms with Crippen molar-refractivity contribution in [1.29, 1.82) is 0 Å². The highest BCUT2D eigenvalue weighted by Crippen LogP contribution is 2.41. The number of anilines is 1. The second kappa shape index (κ2) is 7.68.